The Morgan fingerprint density at radius 1 is 1.19 bits per heavy atom. The first-order chi connectivity index (χ1) is 9.19. The van der Waals surface area contributed by atoms with Crippen LogP contribution in [0.4, 0.5) is 5.82 Å². The van der Waals surface area contributed by atoms with Crippen LogP contribution in [0.3, 0.4) is 0 Å². The Labute approximate surface area is 149 Å². The summed E-state index contributed by atoms with van der Waals surface area (Å²) >= 11 is 0. The summed E-state index contributed by atoms with van der Waals surface area (Å²) in [4.78, 5) is 8.10. The summed E-state index contributed by atoms with van der Waals surface area (Å²) in [5, 5.41) is 10.9. The molecule has 0 saturated heterocycles. The SMILES string of the molecule is [B]c1cc(-c2cnc(OC)nc2OC)nnc1NC.[CH3-].[U]. The van der Waals surface area contributed by atoms with Crippen LogP contribution in [-0.2, 0) is 0 Å². The Hall–Kier alpha value is -1.32. The predicted molar refractivity (Wildman–Crippen MR) is 77.5 cm³/mol. The third-order valence-corrected chi connectivity index (χ3v) is 2.44. The van der Waals surface area contributed by atoms with Crippen molar-refractivity contribution in [1.29, 1.82) is 0 Å². The van der Waals surface area contributed by atoms with Gasteiger partial charge in [-0.05, 0) is 6.07 Å². The van der Waals surface area contributed by atoms with Gasteiger partial charge in [0.15, 0.2) is 0 Å². The molecule has 2 radical (unpaired) electrons. The van der Waals surface area contributed by atoms with E-state index in [1.165, 1.54) is 14.2 Å². The fraction of sp³-hybridized carbons (Fsp3) is 0.250. The first-order valence-corrected chi connectivity index (χ1v) is 5.46. The first kappa shape index (κ1) is 19.7. The van der Waals surface area contributed by atoms with Crippen LogP contribution in [0.25, 0.3) is 11.3 Å². The van der Waals surface area contributed by atoms with Crippen molar-refractivity contribution >= 4 is 19.1 Å². The Balaban J connectivity index is 0.00000200. The molecule has 0 unspecified atom stereocenters. The number of nitrogens with zero attached hydrogens (tertiary/aromatic N) is 4. The summed E-state index contributed by atoms with van der Waals surface area (Å²) in [5.74, 6) is 0.856. The van der Waals surface area contributed by atoms with Crippen LogP contribution in [-0.4, -0.2) is 49.3 Å². The molecule has 0 fully saturated rings. The summed E-state index contributed by atoms with van der Waals surface area (Å²) in [7, 11) is 10.5. The number of anilines is 1. The van der Waals surface area contributed by atoms with Crippen LogP contribution >= 0.6 is 0 Å². The van der Waals surface area contributed by atoms with Crippen molar-refractivity contribution in [2.45, 2.75) is 0 Å². The van der Waals surface area contributed by atoms with Crippen molar-refractivity contribution in [1.82, 2.24) is 20.2 Å². The molecule has 0 aliphatic rings. The zero-order valence-electron chi connectivity index (χ0n) is 12.3. The van der Waals surface area contributed by atoms with Gasteiger partial charge in [0.2, 0.25) is 5.88 Å². The minimum atomic E-state index is 0. The molecular formula is C12H15BN5O2U-. The third-order valence-electron chi connectivity index (χ3n) is 2.44. The minimum Gasteiger partial charge on any atom is -0.480 e. The van der Waals surface area contributed by atoms with Gasteiger partial charge in [0.1, 0.15) is 13.7 Å². The van der Waals surface area contributed by atoms with Crippen LogP contribution < -0.4 is 20.3 Å². The maximum absolute atomic E-state index is 5.85. The molecule has 2 aromatic rings. The summed E-state index contributed by atoms with van der Waals surface area (Å²) in [6.45, 7) is 0. The van der Waals surface area contributed by atoms with E-state index in [1.54, 1.807) is 19.3 Å². The topological polar surface area (TPSA) is 82.1 Å². The second-order valence-electron chi connectivity index (χ2n) is 3.56. The van der Waals surface area contributed by atoms with Crippen LogP contribution in [0.15, 0.2) is 12.3 Å². The van der Waals surface area contributed by atoms with Gasteiger partial charge in [-0.25, -0.2) is 4.98 Å². The summed E-state index contributed by atoms with van der Waals surface area (Å²) in [5.41, 5.74) is 1.59. The van der Waals surface area contributed by atoms with E-state index in [1.807, 2.05) is 0 Å². The Bertz CT molecular complexity index is 600. The van der Waals surface area contributed by atoms with Crippen molar-refractivity contribution in [3.05, 3.63) is 19.7 Å². The van der Waals surface area contributed by atoms with E-state index in [0.29, 0.717) is 28.4 Å². The van der Waals surface area contributed by atoms with Crippen molar-refractivity contribution in [3.8, 4) is 23.1 Å². The van der Waals surface area contributed by atoms with Gasteiger partial charge in [-0.3, -0.25) is 0 Å². The molecule has 0 aromatic carbocycles. The smallest absolute Gasteiger partial charge is 0.319 e. The molecule has 108 valence electrons. The van der Waals surface area contributed by atoms with E-state index in [4.69, 9.17) is 17.3 Å². The van der Waals surface area contributed by atoms with Crippen LogP contribution in [0.2, 0.25) is 0 Å². The number of ether oxygens (including phenoxy) is 2. The van der Waals surface area contributed by atoms with Gasteiger partial charge in [-0.2, -0.15) is 4.98 Å². The Morgan fingerprint density at radius 3 is 2.43 bits per heavy atom. The number of nitrogens with one attached hydrogen (secondary N) is 1. The fourth-order valence-corrected chi connectivity index (χ4v) is 1.51. The van der Waals surface area contributed by atoms with Gasteiger partial charge in [-0.15, -0.1) is 10.2 Å². The molecule has 0 bridgehead atoms. The largest absolute Gasteiger partial charge is 0.480 e. The van der Waals surface area contributed by atoms with Gasteiger partial charge in [0, 0.05) is 44.4 Å². The Morgan fingerprint density at radius 2 is 1.90 bits per heavy atom. The quantitative estimate of drug-likeness (QED) is 0.467. The monoisotopic (exact) mass is 510 g/mol. The van der Waals surface area contributed by atoms with E-state index >= 15 is 0 Å². The van der Waals surface area contributed by atoms with E-state index in [0.717, 1.165) is 0 Å². The number of hydrogen-bond donors (Lipinski definition) is 1. The molecule has 7 nitrogen and oxygen atoms in total. The fourth-order valence-electron chi connectivity index (χ4n) is 1.51. The van der Waals surface area contributed by atoms with Gasteiger partial charge in [-0.1, -0.05) is 5.46 Å². The predicted octanol–water partition coefficient (Wildman–Crippen LogP) is 0.237. The van der Waals surface area contributed by atoms with Crippen LogP contribution in [0.5, 0.6) is 11.9 Å². The van der Waals surface area contributed by atoms with Crippen molar-refractivity contribution in [3.63, 3.8) is 0 Å². The number of aromatic nitrogens is 4. The maximum atomic E-state index is 5.85. The molecule has 0 amide bonds. The average molecular weight is 510 g/mol. The van der Waals surface area contributed by atoms with Crippen LogP contribution in [0, 0.1) is 38.5 Å². The van der Waals surface area contributed by atoms with Crippen molar-refractivity contribution < 1.29 is 40.6 Å². The average Bonchev–Trinajstić information content (AvgIpc) is 2.46. The number of rotatable bonds is 4. The normalized spacial score (nSPS) is 9.10. The second kappa shape index (κ2) is 8.85. The van der Waals surface area contributed by atoms with Crippen LogP contribution in [0.1, 0.15) is 0 Å². The maximum Gasteiger partial charge on any atom is 0.319 e. The van der Waals surface area contributed by atoms with Crippen molar-refractivity contribution in [2.75, 3.05) is 26.6 Å². The molecule has 2 heterocycles. The zero-order valence-corrected chi connectivity index (χ0v) is 16.5. The summed E-state index contributed by atoms with van der Waals surface area (Å²) < 4.78 is 10.1. The minimum absolute atomic E-state index is 0. The van der Waals surface area contributed by atoms with E-state index in [2.05, 4.69) is 25.5 Å². The van der Waals surface area contributed by atoms with E-state index in [-0.39, 0.29) is 44.6 Å². The molecule has 21 heavy (non-hydrogen) atoms. The Kier molecular flexibility index (Phi) is 8.29. The molecule has 0 saturated carbocycles. The second-order valence-corrected chi connectivity index (χ2v) is 3.56. The van der Waals surface area contributed by atoms with E-state index < -0.39 is 0 Å². The summed E-state index contributed by atoms with van der Waals surface area (Å²) in [6, 6.07) is 1.89. The van der Waals surface area contributed by atoms with Crippen molar-refractivity contribution in [2.24, 2.45) is 0 Å². The van der Waals surface area contributed by atoms with Gasteiger partial charge < -0.3 is 22.2 Å². The molecule has 0 spiro atoms. The first-order valence-electron chi connectivity index (χ1n) is 5.46. The summed E-state index contributed by atoms with van der Waals surface area (Å²) in [6.07, 6.45) is 1.55. The molecular weight excluding hydrogens is 495 g/mol. The number of hydrogen-bond acceptors (Lipinski definition) is 7. The molecule has 0 aliphatic heterocycles. The molecule has 2 rings (SSSR count). The standard InChI is InChI=1S/C11H12BN5O2.CH3.U/c1-13-9-7(12)4-8(16-17-9)6-5-14-11(19-3)15-10(6)18-2;;/h4-5H,1-3H3,(H,13,17);1H3;/q;-1;. The number of methoxy groups -OCH3 is 2. The van der Waals surface area contributed by atoms with E-state index in [9.17, 15) is 0 Å². The molecule has 0 atom stereocenters. The molecule has 1 N–H and O–H groups in total. The molecule has 9 heteroatoms. The molecule has 0 aliphatic carbocycles. The van der Waals surface area contributed by atoms with Gasteiger partial charge in [0.05, 0.1) is 25.5 Å². The zero-order chi connectivity index (χ0) is 13.8. The third kappa shape index (κ3) is 4.32. The van der Waals surface area contributed by atoms with Gasteiger partial charge >= 0.3 is 6.01 Å². The molecule has 2 aromatic heterocycles. The van der Waals surface area contributed by atoms with Gasteiger partial charge in [0.25, 0.3) is 0 Å².